The highest BCUT2D eigenvalue weighted by atomic mass is 16.5. The predicted octanol–water partition coefficient (Wildman–Crippen LogP) is 1.10. The molecule has 1 fully saturated rings. The third-order valence-electron chi connectivity index (χ3n) is 4.75. The number of nitrogens with one attached hydrogen (secondary N) is 2. The maximum absolute atomic E-state index is 10.9. The Balaban J connectivity index is 1.56. The number of carbonyl (C=O) groups excluding carboxylic acids is 1. The van der Waals surface area contributed by atoms with E-state index in [1.165, 1.54) is 6.92 Å². The lowest BCUT2D eigenvalue weighted by Gasteiger charge is -2.29. The summed E-state index contributed by atoms with van der Waals surface area (Å²) in [6.07, 6.45) is 7.17. The standard InChI is InChI=1S/C17H21N7O2/c1-10(25)26-9-13-3-2-11(5-19-13)15-4-16(18)24-17(23-15)14(8-22-24)12-6-20-21-7-12/h4,6-8,11,13,19H,2-3,5,9,18H2,1H3,(H,20,21)/t11-,13-/m0/s1. The van der Waals surface area contributed by atoms with Crippen molar-refractivity contribution in [2.75, 3.05) is 18.9 Å². The van der Waals surface area contributed by atoms with Crippen LogP contribution in [-0.4, -0.2) is 50.0 Å². The van der Waals surface area contributed by atoms with E-state index in [2.05, 4.69) is 20.6 Å². The van der Waals surface area contributed by atoms with Crippen molar-refractivity contribution < 1.29 is 9.53 Å². The summed E-state index contributed by atoms with van der Waals surface area (Å²) >= 11 is 0. The number of nitrogens with two attached hydrogens (primary N) is 1. The second-order valence-corrected chi connectivity index (χ2v) is 6.57. The Morgan fingerprint density at radius 3 is 3.00 bits per heavy atom. The molecule has 4 rings (SSSR count). The van der Waals surface area contributed by atoms with Crippen molar-refractivity contribution in [1.29, 1.82) is 0 Å². The summed E-state index contributed by atoms with van der Waals surface area (Å²) in [5.41, 5.74) is 9.68. The first-order valence-electron chi connectivity index (χ1n) is 8.62. The number of rotatable bonds is 4. The number of hydrogen-bond donors (Lipinski definition) is 3. The number of anilines is 1. The smallest absolute Gasteiger partial charge is 0.302 e. The van der Waals surface area contributed by atoms with Crippen molar-refractivity contribution in [1.82, 2.24) is 30.1 Å². The predicted molar refractivity (Wildman–Crippen MR) is 95.4 cm³/mol. The van der Waals surface area contributed by atoms with Gasteiger partial charge in [-0.2, -0.15) is 14.7 Å². The van der Waals surface area contributed by atoms with Gasteiger partial charge in [0.2, 0.25) is 0 Å². The van der Waals surface area contributed by atoms with E-state index in [9.17, 15) is 4.79 Å². The van der Waals surface area contributed by atoms with Crippen molar-refractivity contribution in [2.24, 2.45) is 0 Å². The van der Waals surface area contributed by atoms with Gasteiger partial charge in [-0.1, -0.05) is 0 Å². The number of ether oxygens (including phenoxy) is 1. The lowest BCUT2D eigenvalue weighted by atomic mass is 9.92. The summed E-state index contributed by atoms with van der Waals surface area (Å²) in [4.78, 5) is 15.8. The first kappa shape index (κ1) is 16.5. The second kappa shape index (κ2) is 6.75. The zero-order valence-corrected chi connectivity index (χ0v) is 14.5. The fourth-order valence-electron chi connectivity index (χ4n) is 3.34. The summed E-state index contributed by atoms with van der Waals surface area (Å²) in [5.74, 6) is 0.561. The zero-order valence-electron chi connectivity index (χ0n) is 14.5. The molecule has 0 unspecified atom stereocenters. The number of nitrogens with zero attached hydrogens (tertiary/aromatic N) is 4. The Hall–Kier alpha value is -2.94. The number of piperidine rings is 1. The number of esters is 1. The highest BCUT2D eigenvalue weighted by molar-refractivity contribution is 5.77. The van der Waals surface area contributed by atoms with E-state index < -0.39 is 0 Å². The number of nitrogen functional groups attached to an aromatic ring is 1. The van der Waals surface area contributed by atoms with E-state index in [1.54, 1.807) is 16.9 Å². The Bertz CT molecular complexity index is 911. The van der Waals surface area contributed by atoms with Crippen molar-refractivity contribution in [3.05, 3.63) is 30.4 Å². The summed E-state index contributed by atoms with van der Waals surface area (Å²) < 4.78 is 6.73. The first-order valence-corrected chi connectivity index (χ1v) is 8.62. The van der Waals surface area contributed by atoms with Gasteiger partial charge in [-0.3, -0.25) is 9.89 Å². The van der Waals surface area contributed by atoms with Gasteiger partial charge < -0.3 is 15.8 Å². The van der Waals surface area contributed by atoms with Gasteiger partial charge in [-0.25, -0.2) is 4.98 Å². The Kier molecular flexibility index (Phi) is 4.29. The SMILES string of the molecule is CC(=O)OC[C@@H]1CC[C@H](c2cc(N)n3ncc(-c4cn[nH]c4)c3n2)CN1. The molecular weight excluding hydrogens is 334 g/mol. The van der Waals surface area contributed by atoms with Gasteiger partial charge in [0, 0.05) is 48.8 Å². The summed E-state index contributed by atoms with van der Waals surface area (Å²) in [6, 6.07) is 2.07. The van der Waals surface area contributed by atoms with Crippen LogP contribution in [0.3, 0.4) is 0 Å². The average Bonchev–Trinajstić information content (AvgIpc) is 3.29. The van der Waals surface area contributed by atoms with E-state index in [0.29, 0.717) is 12.4 Å². The van der Waals surface area contributed by atoms with E-state index in [0.717, 1.165) is 41.9 Å². The topological polar surface area (TPSA) is 123 Å². The van der Waals surface area contributed by atoms with Gasteiger partial charge in [0.15, 0.2) is 5.65 Å². The fourth-order valence-corrected chi connectivity index (χ4v) is 3.34. The summed E-state index contributed by atoms with van der Waals surface area (Å²) in [5, 5.41) is 14.6. The van der Waals surface area contributed by atoms with Crippen LogP contribution in [0, 0.1) is 0 Å². The molecule has 1 saturated heterocycles. The Morgan fingerprint density at radius 1 is 1.42 bits per heavy atom. The van der Waals surface area contributed by atoms with Crippen LogP contribution in [0.5, 0.6) is 0 Å². The summed E-state index contributed by atoms with van der Waals surface area (Å²) in [6.45, 7) is 2.60. The minimum absolute atomic E-state index is 0.188. The Labute approximate surface area is 149 Å². The first-order chi connectivity index (χ1) is 12.6. The van der Waals surface area contributed by atoms with Crippen LogP contribution < -0.4 is 11.1 Å². The number of aromatic nitrogens is 5. The van der Waals surface area contributed by atoms with Gasteiger partial charge in [-0.15, -0.1) is 0 Å². The molecule has 4 heterocycles. The molecule has 2 atom stereocenters. The fraction of sp³-hybridized carbons (Fsp3) is 0.412. The molecule has 0 radical (unpaired) electrons. The minimum Gasteiger partial charge on any atom is -0.464 e. The molecule has 1 aliphatic heterocycles. The third kappa shape index (κ3) is 3.13. The molecule has 0 bridgehead atoms. The lowest BCUT2D eigenvalue weighted by Crippen LogP contribution is -2.41. The number of H-pyrrole nitrogens is 1. The van der Waals surface area contributed by atoms with Crippen molar-refractivity contribution in [3.63, 3.8) is 0 Å². The van der Waals surface area contributed by atoms with Crippen LogP contribution in [0.25, 0.3) is 16.8 Å². The number of fused-ring (bicyclic) bond motifs is 1. The molecule has 0 aliphatic carbocycles. The molecule has 0 amide bonds. The van der Waals surface area contributed by atoms with Crippen molar-refractivity contribution >= 4 is 17.4 Å². The number of carbonyl (C=O) groups is 1. The molecule has 136 valence electrons. The molecule has 0 aromatic carbocycles. The third-order valence-corrected chi connectivity index (χ3v) is 4.75. The molecule has 3 aromatic rings. The largest absolute Gasteiger partial charge is 0.464 e. The maximum Gasteiger partial charge on any atom is 0.302 e. The molecule has 1 aliphatic rings. The molecule has 9 nitrogen and oxygen atoms in total. The molecule has 0 saturated carbocycles. The van der Waals surface area contributed by atoms with Gasteiger partial charge in [0.05, 0.1) is 18.1 Å². The molecule has 3 aromatic heterocycles. The minimum atomic E-state index is -0.249. The molecule has 0 spiro atoms. The van der Waals surface area contributed by atoms with Crippen molar-refractivity contribution in [2.45, 2.75) is 31.7 Å². The van der Waals surface area contributed by atoms with Crippen molar-refractivity contribution in [3.8, 4) is 11.1 Å². The van der Waals surface area contributed by atoms with Gasteiger partial charge in [0.1, 0.15) is 12.4 Å². The highest BCUT2D eigenvalue weighted by Crippen LogP contribution is 2.29. The lowest BCUT2D eigenvalue weighted by molar-refractivity contribution is -0.141. The number of hydrogen-bond acceptors (Lipinski definition) is 7. The van der Waals surface area contributed by atoms with E-state index >= 15 is 0 Å². The van der Waals surface area contributed by atoms with Crippen LogP contribution >= 0.6 is 0 Å². The molecule has 9 heteroatoms. The zero-order chi connectivity index (χ0) is 18.1. The van der Waals surface area contributed by atoms with Crippen LogP contribution in [0.15, 0.2) is 24.7 Å². The van der Waals surface area contributed by atoms with Crippen LogP contribution in [0.4, 0.5) is 5.82 Å². The van der Waals surface area contributed by atoms with E-state index in [1.807, 2.05) is 12.3 Å². The number of aromatic amines is 1. The molecule has 26 heavy (non-hydrogen) atoms. The average molecular weight is 355 g/mol. The van der Waals surface area contributed by atoms with E-state index in [-0.39, 0.29) is 17.9 Å². The highest BCUT2D eigenvalue weighted by Gasteiger charge is 2.25. The van der Waals surface area contributed by atoms with Crippen LogP contribution in [-0.2, 0) is 9.53 Å². The Morgan fingerprint density at radius 2 is 2.31 bits per heavy atom. The van der Waals surface area contributed by atoms with Gasteiger partial charge in [-0.05, 0) is 12.8 Å². The molecule has 4 N–H and O–H groups in total. The van der Waals surface area contributed by atoms with Gasteiger partial charge in [0.25, 0.3) is 0 Å². The summed E-state index contributed by atoms with van der Waals surface area (Å²) in [7, 11) is 0. The normalized spacial score (nSPS) is 20.3. The quantitative estimate of drug-likeness (QED) is 0.599. The maximum atomic E-state index is 10.9. The molecular formula is C17H21N7O2. The van der Waals surface area contributed by atoms with Crippen LogP contribution in [0.1, 0.15) is 31.4 Å². The van der Waals surface area contributed by atoms with Gasteiger partial charge >= 0.3 is 5.97 Å². The van der Waals surface area contributed by atoms with Crippen LogP contribution in [0.2, 0.25) is 0 Å². The monoisotopic (exact) mass is 355 g/mol. The van der Waals surface area contributed by atoms with E-state index in [4.69, 9.17) is 15.5 Å². The second-order valence-electron chi connectivity index (χ2n) is 6.57.